The number of aromatic nitrogens is 7. The van der Waals surface area contributed by atoms with Gasteiger partial charge in [0.1, 0.15) is 29.1 Å². The van der Waals surface area contributed by atoms with Gasteiger partial charge in [0, 0.05) is 54.2 Å². The Labute approximate surface area is 259 Å². The Hall–Kier alpha value is -5.49. The van der Waals surface area contributed by atoms with Crippen LogP contribution in [0.25, 0.3) is 11.1 Å². The van der Waals surface area contributed by atoms with Crippen molar-refractivity contribution >= 4 is 23.6 Å². The van der Waals surface area contributed by atoms with Gasteiger partial charge in [0.05, 0.1) is 39.1 Å². The summed E-state index contributed by atoms with van der Waals surface area (Å²) < 4.78 is 10.3. The Kier molecular flexibility index (Phi) is 9.11. The molecule has 230 valence electrons. The minimum Gasteiger partial charge on any atom is -0.467 e. The van der Waals surface area contributed by atoms with E-state index < -0.39 is 0 Å². The number of hydrogen-bond donors (Lipinski definition) is 3. The fraction of sp³-hybridized carbons (Fsp3) is 0.367. The second-order valence-electron chi connectivity index (χ2n) is 10.7. The monoisotopic (exact) mass is 608 g/mol. The van der Waals surface area contributed by atoms with E-state index in [4.69, 9.17) is 9.47 Å². The van der Waals surface area contributed by atoms with Crippen LogP contribution >= 0.6 is 0 Å². The Balaban J connectivity index is 1.15. The van der Waals surface area contributed by atoms with E-state index in [2.05, 4.69) is 56.9 Å². The molecule has 1 aliphatic heterocycles. The van der Waals surface area contributed by atoms with Crippen LogP contribution in [0.15, 0.2) is 55.4 Å². The molecule has 2 amide bonds. The van der Waals surface area contributed by atoms with Crippen molar-refractivity contribution in [3.63, 3.8) is 0 Å². The number of amides is 2. The molecule has 1 aliphatic carbocycles. The lowest BCUT2D eigenvalue weighted by atomic mass is 9.90. The molecule has 15 nitrogen and oxygen atoms in total. The maximum atomic E-state index is 13.6. The van der Waals surface area contributed by atoms with Gasteiger partial charge in [-0.05, 0) is 43.9 Å². The van der Waals surface area contributed by atoms with Crippen molar-refractivity contribution in [1.82, 2.24) is 40.2 Å². The number of nitrogens with one attached hydrogen (secondary N) is 3. The number of nitrogens with zero attached hydrogens (tertiary/aromatic N) is 9. The fourth-order valence-corrected chi connectivity index (χ4v) is 5.20. The first kappa shape index (κ1) is 29.6. The van der Waals surface area contributed by atoms with Crippen molar-refractivity contribution < 1.29 is 14.3 Å². The molecule has 6 rings (SSSR count). The molecule has 4 aromatic rings. The lowest BCUT2D eigenvalue weighted by Crippen LogP contribution is -2.49. The topological polar surface area (TPSA) is 189 Å². The first-order chi connectivity index (χ1) is 22.1. The lowest BCUT2D eigenvalue weighted by molar-refractivity contribution is 0.0209. The predicted octanol–water partition coefficient (Wildman–Crippen LogP) is 2.95. The van der Waals surface area contributed by atoms with E-state index in [1.807, 2.05) is 12.1 Å². The summed E-state index contributed by atoms with van der Waals surface area (Å²) in [6.07, 6.45) is 12.9. The molecule has 2 aliphatic rings. The Morgan fingerprint density at radius 2 is 1.71 bits per heavy atom. The van der Waals surface area contributed by atoms with Crippen LogP contribution in [0.1, 0.15) is 37.1 Å². The number of anilines is 3. The average molecular weight is 609 g/mol. The molecule has 0 spiro atoms. The van der Waals surface area contributed by atoms with Gasteiger partial charge < -0.3 is 25.4 Å². The Morgan fingerprint density at radius 3 is 2.36 bits per heavy atom. The smallest absolute Gasteiger partial charge is 0.323 e. The third-order valence-corrected chi connectivity index (χ3v) is 7.66. The molecule has 0 aromatic carbocycles. The number of carbonyl (C=O) groups excluding carboxylic acids is 1. The lowest BCUT2D eigenvalue weighted by Gasteiger charge is -2.36. The molecule has 0 unspecified atom stereocenters. The van der Waals surface area contributed by atoms with E-state index in [-0.39, 0.29) is 36.7 Å². The second kappa shape index (κ2) is 13.9. The summed E-state index contributed by atoms with van der Waals surface area (Å²) in [6.45, 7) is 1.35. The van der Waals surface area contributed by atoms with E-state index in [0.29, 0.717) is 42.2 Å². The van der Waals surface area contributed by atoms with Gasteiger partial charge in [-0.1, -0.05) is 0 Å². The molecular weight excluding hydrogens is 576 g/mol. The summed E-state index contributed by atoms with van der Waals surface area (Å²) in [5.41, 5.74) is 1.98. The number of ether oxygens (including phenoxy) is 2. The van der Waals surface area contributed by atoms with Gasteiger partial charge in [-0.15, -0.1) is 0 Å². The van der Waals surface area contributed by atoms with Gasteiger partial charge in [-0.2, -0.15) is 10.2 Å². The third kappa shape index (κ3) is 7.19. The van der Waals surface area contributed by atoms with Crippen LogP contribution in [-0.4, -0.2) is 79.4 Å². The number of pyridine rings is 1. The molecule has 1 saturated heterocycles. The zero-order chi connectivity index (χ0) is 31.0. The van der Waals surface area contributed by atoms with Crippen LogP contribution in [0.4, 0.5) is 22.4 Å². The van der Waals surface area contributed by atoms with Crippen LogP contribution in [0.5, 0.6) is 6.01 Å². The molecule has 5 heterocycles. The summed E-state index contributed by atoms with van der Waals surface area (Å²) in [4.78, 5) is 45.7. The fourth-order valence-electron chi connectivity index (χ4n) is 5.20. The molecule has 0 bridgehead atoms. The minimum absolute atomic E-state index is 0.0971. The zero-order valence-corrected chi connectivity index (χ0v) is 24.6. The number of urea groups is 1. The molecule has 0 atom stereocenters. The van der Waals surface area contributed by atoms with Gasteiger partial charge in [-0.25, -0.2) is 34.7 Å². The molecule has 1 saturated carbocycles. The zero-order valence-electron chi connectivity index (χ0n) is 24.6. The molecule has 45 heavy (non-hydrogen) atoms. The highest BCUT2D eigenvalue weighted by atomic mass is 16.5. The van der Waals surface area contributed by atoms with E-state index in [9.17, 15) is 10.1 Å². The van der Waals surface area contributed by atoms with E-state index in [1.165, 1.54) is 13.3 Å². The summed E-state index contributed by atoms with van der Waals surface area (Å²) >= 11 is 0. The summed E-state index contributed by atoms with van der Waals surface area (Å²) in [6, 6.07) is 7.73. The van der Waals surface area contributed by atoms with Crippen LogP contribution in [0.3, 0.4) is 0 Å². The maximum absolute atomic E-state index is 13.6. The molecule has 15 heteroatoms. The Morgan fingerprint density at radius 1 is 0.956 bits per heavy atom. The number of methoxy groups -OCH3 is 1. The minimum atomic E-state index is -0.280. The number of carbonyl (C=O) groups is 1. The quantitative estimate of drug-likeness (QED) is 0.238. The van der Waals surface area contributed by atoms with Crippen molar-refractivity contribution in [3.8, 4) is 23.2 Å². The van der Waals surface area contributed by atoms with Crippen LogP contribution in [0, 0.1) is 11.3 Å². The van der Waals surface area contributed by atoms with E-state index in [0.717, 1.165) is 36.8 Å². The van der Waals surface area contributed by atoms with Crippen molar-refractivity contribution in [2.75, 3.05) is 35.9 Å². The van der Waals surface area contributed by atoms with Crippen molar-refractivity contribution in [3.05, 3.63) is 66.8 Å². The summed E-state index contributed by atoms with van der Waals surface area (Å²) in [5, 5.41) is 19.1. The highest BCUT2D eigenvalue weighted by Gasteiger charge is 2.31. The largest absolute Gasteiger partial charge is 0.467 e. The van der Waals surface area contributed by atoms with Crippen molar-refractivity contribution in [2.45, 2.75) is 50.4 Å². The molecule has 2 fully saturated rings. The molecule has 0 radical (unpaired) electrons. The van der Waals surface area contributed by atoms with Crippen LogP contribution in [0.2, 0.25) is 0 Å². The molecule has 4 aromatic heterocycles. The summed E-state index contributed by atoms with van der Waals surface area (Å²) in [5.74, 6) is 2.00. The standard InChI is InChI=1S/C30H32N12O3/c1-44-29-36-14-21(15-37-29)19-3-8-26(34-12-19)42(30(43)38-16-25-32-9-2-10-33-25)24-6-4-22(5-7-24)40-28-35-13-20(11-31)27(41-28)39-23-17-45-18-23/h2-3,8-10,12-15,22-24H,4-7,16-18H2,1H3,(H,38,43)(H2,35,39,40,41). The first-order valence-electron chi connectivity index (χ1n) is 14.6. The summed E-state index contributed by atoms with van der Waals surface area (Å²) in [7, 11) is 1.51. The van der Waals surface area contributed by atoms with Gasteiger partial charge in [0.25, 0.3) is 0 Å². The molecule has 3 N–H and O–H groups in total. The van der Waals surface area contributed by atoms with E-state index >= 15 is 0 Å². The first-order valence-corrected chi connectivity index (χ1v) is 14.6. The van der Waals surface area contributed by atoms with Gasteiger partial charge in [0.2, 0.25) is 5.95 Å². The number of nitriles is 1. The van der Waals surface area contributed by atoms with Crippen LogP contribution < -0.4 is 25.6 Å². The SMILES string of the molecule is COc1ncc(-c2ccc(N(C(=O)NCc3ncccn3)C3CCC(Nc4ncc(C#N)c(NC5COC5)n4)CC3)nc2)cn1. The highest BCUT2D eigenvalue weighted by molar-refractivity contribution is 5.91. The number of rotatable bonds is 10. The van der Waals surface area contributed by atoms with Gasteiger partial charge in [-0.3, -0.25) is 4.90 Å². The second-order valence-corrected chi connectivity index (χ2v) is 10.7. The third-order valence-electron chi connectivity index (χ3n) is 7.66. The Bertz CT molecular complexity index is 1620. The van der Waals surface area contributed by atoms with Crippen molar-refractivity contribution in [2.24, 2.45) is 0 Å². The predicted molar refractivity (Wildman–Crippen MR) is 163 cm³/mol. The normalized spacial score (nSPS) is 17.8. The maximum Gasteiger partial charge on any atom is 0.323 e. The van der Waals surface area contributed by atoms with Crippen molar-refractivity contribution in [1.29, 1.82) is 5.26 Å². The highest BCUT2D eigenvalue weighted by Crippen LogP contribution is 2.30. The molecular formula is C30H32N12O3. The van der Waals surface area contributed by atoms with Crippen LogP contribution in [-0.2, 0) is 11.3 Å². The van der Waals surface area contributed by atoms with E-state index in [1.54, 1.807) is 42.0 Å². The van der Waals surface area contributed by atoms with Gasteiger partial charge in [0.15, 0.2) is 0 Å². The number of hydrogen-bond acceptors (Lipinski definition) is 13. The van der Waals surface area contributed by atoms with Gasteiger partial charge >= 0.3 is 12.0 Å². The average Bonchev–Trinajstić information content (AvgIpc) is 3.07.